The van der Waals surface area contributed by atoms with Crippen molar-refractivity contribution in [2.75, 3.05) is 13.1 Å². The molecule has 0 fully saturated rings. The van der Waals surface area contributed by atoms with Gasteiger partial charge >= 0.3 is 12.1 Å². The van der Waals surface area contributed by atoms with Gasteiger partial charge in [-0.25, -0.2) is 9.59 Å². The molecule has 1 amide bonds. The number of thiocarbonyl (C=S) groups is 1. The number of benzene rings is 1. The van der Waals surface area contributed by atoms with Crippen LogP contribution in [0.25, 0.3) is 0 Å². The van der Waals surface area contributed by atoms with Gasteiger partial charge in [0.05, 0.1) is 0 Å². The quantitative estimate of drug-likeness (QED) is 0.447. The van der Waals surface area contributed by atoms with Crippen LogP contribution in [0.4, 0.5) is 4.79 Å². The van der Waals surface area contributed by atoms with Gasteiger partial charge in [0.25, 0.3) is 0 Å². The van der Waals surface area contributed by atoms with Crippen molar-refractivity contribution in [1.82, 2.24) is 10.2 Å². The molecule has 1 rings (SSSR count). The number of hydrogen-bond donors (Lipinski definition) is 1. The average Bonchev–Trinajstić information content (AvgIpc) is 2.55. The molecule has 0 aromatic heterocycles. The van der Waals surface area contributed by atoms with Crippen LogP contribution in [0.1, 0.15) is 41.5 Å². The van der Waals surface area contributed by atoms with Crippen molar-refractivity contribution in [3.8, 4) is 5.75 Å². The molecule has 0 bridgehead atoms. The van der Waals surface area contributed by atoms with Gasteiger partial charge in [0.15, 0.2) is 0 Å². The summed E-state index contributed by atoms with van der Waals surface area (Å²) in [4.78, 5) is 26.8. The molecule has 0 aliphatic carbocycles. The van der Waals surface area contributed by atoms with Gasteiger partial charge in [0, 0.05) is 18.8 Å². The van der Waals surface area contributed by atoms with Gasteiger partial charge in [-0.15, -0.1) is 0 Å². The molecule has 1 N–H and O–H groups in total. The molecule has 0 heterocycles. The molecule has 0 radical (unpaired) electrons. The van der Waals surface area contributed by atoms with Gasteiger partial charge in [0.2, 0.25) is 0 Å². The van der Waals surface area contributed by atoms with Gasteiger partial charge in [-0.3, -0.25) is 5.32 Å². The minimum Gasteiger partial charge on any atom is -0.456 e. The SMILES string of the molecule is CCN(CC)C(C)=C(C(=O)OC(C)(C)C)C(=S)NC(=O)Oc1ccccc1. The predicted molar refractivity (Wildman–Crippen MR) is 110 cm³/mol. The van der Waals surface area contributed by atoms with Crippen molar-refractivity contribution >= 4 is 29.3 Å². The number of rotatable bonds is 6. The Morgan fingerprint density at radius 2 is 1.67 bits per heavy atom. The molecule has 0 saturated heterocycles. The van der Waals surface area contributed by atoms with Crippen LogP contribution in [-0.2, 0) is 9.53 Å². The molecular weight excluding hydrogens is 364 g/mol. The summed E-state index contributed by atoms with van der Waals surface area (Å²) in [5.74, 6) is -0.210. The number of nitrogens with one attached hydrogen (secondary N) is 1. The Bertz CT molecular complexity index is 704. The summed E-state index contributed by atoms with van der Waals surface area (Å²) in [5.41, 5.74) is 0.0966. The number of hydrogen-bond acceptors (Lipinski definition) is 6. The maximum absolute atomic E-state index is 12.7. The molecule has 0 spiro atoms. The zero-order valence-corrected chi connectivity index (χ0v) is 17.6. The molecule has 0 atom stereocenters. The van der Waals surface area contributed by atoms with E-state index >= 15 is 0 Å². The van der Waals surface area contributed by atoms with E-state index in [1.165, 1.54) is 0 Å². The fourth-order valence-corrected chi connectivity index (χ4v) is 2.68. The van der Waals surface area contributed by atoms with Gasteiger partial charge in [-0.2, -0.15) is 0 Å². The fraction of sp³-hybridized carbons (Fsp3) is 0.450. The highest BCUT2D eigenvalue weighted by molar-refractivity contribution is 7.81. The molecule has 6 nitrogen and oxygen atoms in total. The monoisotopic (exact) mass is 392 g/mol. The average molecular weight is 393 g/mol. The van der Waals surface area contributed by atoms with Crippen LogP contribution < -0.4 is 10.1 Å². The number of ether oxygens (including phenoxy) is 2. The lowest BCUT2D eigenvalue weighted by atomic mass is 10.1. The highest BCUT2D eigenvalue weighted by atomic mass is 32.1. The standard InChI is InChI=1S/C20H28N2O4S/c1-7-22(8-2)14(3)16(18(23)26-20(4,5)6)17(27)21-19(24)25-15-12-10-9-11-13-15/h9-13H,7-8H2,1-6H3,(H,21,24,27). The molecular formula is C20H28N2O4S. The molecule has 0 aliphatic rings. The van der Waals surface area contributed by atoms with Crippen LogP contribution in [0.5, 0.6) is 5.75 Å². The first-order valence-corrected chi connectivity index (χ1v) is 9.27. The number of carbonyl (C=O) groups is 2. The van der Waals surface area contributed by atoms with Gasteiger partial charge in [0.1, 0.15) is 21.9 Å². The molecule has 7 heteroatoms. The first kappa shape index (κ1) is 22.6. The van der Waals surface area contributed by atoms with E-state index in [1.54, 1.807) is 52.0 Å². The third kappa shape index (κ3) is 7.38. The highest BCUT2D eigenvalue weighted by Gasteiger charge is 2.27. The van der Waals surface area contributed by atoms with Crippen molar-refractivity contribution in [3.05, 3.63) is 41.6 Å². The van der Waals surface area contributed by atoms with E-state index in [2.05, 4.69) is 5.32 Å². The second-order valence-electron chi connectivity index (χ2n) is 6.79. The molecule has 0 unspecified atom stereocenters. The maximum Gasteiger partial charge on any atom is 0.417 e. The van der Waals surface area contributed by atoms with Crippen molar-refractivity contribution in [1.29, 1.82) is 0 Å². The number of para-hydroxylation sites is 1. The van der Waals surface area contributed by atoms with Crippen LogP contribution >= 0.6 is 12.2 Å². The molecule has 1 aromatic rings. The number of esters is 1. The summed E-state index contributed by atoms with van der Waals surface area (Å²) >= 11 is 5.33. The van der Waals surface area contributed by atoms with Gasteiger partial charge in [-0.05, 0) is 53.7 Å². The minimum atomic E-state index is -0.764. The predicted octanol–water partition coefficient (Wildman–Crippen LogP) is 4.06. The third-order valence-electron chi connectivity index (χ3n) is 3.60. The van der Waals surface area contributed by atoms with Crippen molar-refractivity contribution in [3.63, 3.8) is 0 Å². The van der Waals surface area contributed by atoms with E-state index in [4.69, 9.17) is 21.7 Å². The summed E-state index contributed by atoms with van der Waals surface area (Å²) in [7, 11) is 0. The van der Waals surface area contributed by atoms with Crippen molar-refractivity contribution in [2.45, 2.75) is 47.1 Å². The van der Waals surface area contributed by atoms with Crippen LogP contribution in [0.3, 0.4) is 0 Å². The second kappa shape index (κ2) is 10.1. The number of nitrogens with zero attached hydrogens (tertiary/aromatic N) is 1. The summed E-state index contributed by atoms with van der Waals surface area (Å²) in [6.45, 7) is 12.4. The molecule has 1 aromatic carbocycles. The van der Waals surface area contributed by atoms with E-state index in [1.807, 2.05) is 24.8 Å². The minimum absolute atomic E-state index is 0.0328. The Labute approximate surface area is 166 Å². The number of amides is 1. The Morgan fingerprint density at radius 3 is 2.15 bits per heavy atom. The van der Waals surface area contributed by atoms with E-state index in [9.17, 15) is 9.59 Å². The summed E-state index contributed by atoms with van der Waals surface area (Å²) in [6, 6.07) is 8.60. The second-order valence-corrected chi connectivity index (χ2v) is 7.20. The molecule has 0 saturated carbocycles. The van der Waals surface area contributed by atoms with E-state index in [-0.39, 0.29) is 10.6 Å². The Kier molecular flexibility index (Phi) is 8.43. The first-order valence-electron chi connectivity index (χ1n) is 8.86. The molecule has 0 aliphatic heterocycles. The highest BCUT2D eigenvalue weighted by Crippen LogP contribution is 2.18. The van der Waals surface area contributed by atoms with Crippen LogP contribution in [0, 0.1) is 0 Å². The van der Waals surface area contributed by atoms with Crippen LogP contribution in [-0.4, -0.2) is 40.6 Å². The van der Waals surface area contributed by atoms with Crippen molar-refractivity contribution in [2.24, 2.45) is 0 Å². The maximum atomic E-state index is 12.7. The van der Waals surface area contributed by atoms with E-state index in [0.29, 0.717) is 24.5 Å². The summed E-state index contributed by atoms with van der Waals surface area (Å²) in [6.07, 6.45) is -0.764. The lowest BCUT2D eigenvalue weighted by Crippen LogP contribution is -2.39. The largest absolute Gasteiger partial charge is 0.456 e. The zero-order valence-electron chi connectivity index (χ0n) is 16.8. The Balaban J connectivity index is 3.07. The fourth-order valence-electron chi connectivity index (χ4n) is 2.37. The topological polar surface area (TPSA) is 67.9 Å². The summed E-state index contributed by atoms with van der Waals surface area (Å²) < 4.78 is 10.7. The summed E-state index contributed by atoms with van der Waals surface area (Å²) in [5, 5.41) is 2.46. The van der Waals surface area contributed by atoms with E-state index in [0.717, 1.165) is 0 Å². The zero-order chi connectivity index (χ0) is 20.6. The van der Waals surface area contributed by atoms with Crippen LogP contribution in [0.2, 0.25) is 0 Å². The smallest absolute Gasteiger partial charge is 0.417 e. The number of allylic oxidation sites excluding steroid dienone is 1. The van der Waals surface area contributed by atoms with Crippen LogP contribution in [0.15, 0.2) is 41.6 Å². The first-order chi connectivity index (χ1) is 12.6. The molecule has 148 valence electrons. The lowest BCUT2D eigenvalue weighted by Gasteiger charge is -2.27. The van der Waals surface area contributed by atoms with E-state index < -0.39 is 17.7 Å². The van der Waals surface area contributed by atoms with Crippen molar-refractivity contribution < 1.29 is 19.1 Å². The normalized spacial score (nSPS) is 11.9. The Morgan fingerprint density at radius 1 is 1.11 bits per heavy atom. The lowest BCUT2D eigenvalue weighted by molar-refractivity contribution is -0.149. The Hall–Kier alpha value is -2.41. The molecule has 27 heavy (non-hydrogen) atoms. The van der Waals surface area contributed by atoms with Gasteiger partial charge < -0.3 is 14.4 Å². The van der Waals surface area contributed by atoms with Gasteiger partial charge in [-0.1, -0.05) is 30.4 Å². The third-order valence-corrected chi connectivity index (χ3v) is 3.91. The number of carbonyl (C=O) groups excluding carboxylic acids is 2.